The maximum atomic E-state index is 12.1. The Morgan fingerprint density at radius 2 is 1.68 bits per heavy atom. The van der Waals surface area contributed by atoms with E-state index in [2.05, 4.69) is 5.32 Å². The fourth-order valence-corrected chi connectivity index (χ4v) is 3.52. The summed E-state index contributed by atoms with van der Waals surface area (Å²) in [6, 6.07) is 12.9. The zero-order chi connectivity index (χ0) is 20.7. The van der Waals surface area contributed by atoms with Crippen molar-refractivity contribution in [3.05, 3.63) is 54.1 Å². The van der Waals surface area contributed by atoms with E-state index in [4.69, 9.17) is 10.5 Å². The van der Waals surface area contributed by atoms with Crippen molar-refractivity contribution in [1.82, 2.24) is 0 Å². The Balaban J connectivity index is 1.94. The second-order valence-corrected chi connectivity index (χ2v) is 8.03. The van der Waals surface area contributed by atoms with Crippen LogP contribution in [0.4, 0.5) is 11.4 Å². The zero-order valence-corrected chi connectivity index (χ0v) is 16.5. The number of amides is 2. The van der Waals surface area contributed by atoms with E-state index in [0.29, 0.717) is 29.1 Å². The highest BCUT2D eigenvalue weighted by atomic mass is 32.2. The predicted octanol–water partition coefficient (Wildman–Crippen LogP) is 1.98. The topological polar surface area (TPSA) is 119 Å². The van der Waals surface area contributed by atoms with E-state index in [1.165, 1.54) is 23.5 Å². The van der Waals surface area contributed by atoms with E-state index in [1.807, 2.05) is 0 Å². The molecule has 2 aromatic rings. The SMILES string of the molecule is COc1ccc(N(CCCC(=O)Nc2ccc(C(N)=O)cc2)S(C)(=O)=O)cc1. The van der Waals surface area contributed by atoms with Crippen molar-refractivity contribution in [3.63, 3.8) is 0 Å². The van der Waals surface area contributed by atoms with Crippen LogP contribution >= 0.6 is 0 Å². The minimum atomic E-state index is -3.49. The molecule has 0 radical (unpaired) electrons. The molecule has 8 nitrogen and oxygen atoms in total. The monoisotopic (exact) mass is 405 g/mol. The van der Waals surface area contributed by atoms with Gasteiger partial charge in [-0.15, -0.1) is 0 Å². The number of nitrogens with one attached hydrogen (secondary N) is 1. The maximum absolute atomic E-state index is 12.1. The van der Waals surface area contributed by atoms with Gasteiger partial charge in [-0.1, -0.05) is 0 Å². The van der Waals surface area contributed by atoms with Gasteiger partial charge in [0, 0.05) is 24.2 Å². The number of carbonyl (C=O) groups is 2. The Morgan fingerprint density at radius 3 is 2.18 bits per heavy atom. The van der Waals surface area contributed by atoms with Crippen molar-refractivity contribution >= 4 is 33.2 Å². The van der Waals surface area contributed by atoms with Crippen LogP contribution in [0.1, 0.15) is 23.2 Å². The Labute approximate surface area is 164 Å². The molecule has 0 saturated carbocycles. The van der Waals surface area contributed by atoms with Gasteiger partial charge in [0.2, 0.25) is 21.8 Å². The zero-order valence-electron chi connectivity index (χ0n) is 15.7. The number of nitrogens with two attached hydrogens (primary N) is 1. The molecule has 150 valence electrons. The highest BCUT2D eigenvalue weighted by Gasteiger charge is 2.17. The van der Waals surface area contributed by atoms with Crippen molar-refractivity contribution in [2.45, 2.75) is 12.8 Å². The number of primary amides is 1. The van der Waals surface area contributed by atoms with Gasteiger partial charge < -0.3 is 15.8 Å². The van der Waals surface area contributed by atoms with E-state index in [0.717, 1.165) is 6.26 Å². The number of methoxy groups -OCH3 is 1. The lowest BCUT2D eigenvalue weighted by molar-refractivity contribution is -0.116. The van der Waals surface area contributed by atoms with Crippen molar-refractivity contribution in [2.75, 3.05) is 29.5 Å². The second kappa shape index (κ2) is 9.23. The first-order chi connectivity index (χ1) is 13.2. The lowest BCUT2D eigenvalue weighted by Gasteiger charge is -2.22. The second-order valence-electron chi connectivity index (χ2n) is 6.13. The molecular weight excluding hydrogens is 382 g/mol. The number of ether oxygens (including phenoxy) is 1. The molecular formula is C19H23N3O5S. The molecule has 0 aromatic heterocycles. The molecule has 9 heteroatoms. The van der Waals surface area contributed by atoms with Crippen LogP contribution < -0.4 is 20.1 Å². The summed E-state index contributed by atoms with van der Waals surface area (Å²) in [6.07, 6.45) is 1.60. The standard InChI is InChI=1S/C19H23N3O5S/c1-27-17-11-9-16(10-12-17)22(28(2,25)26)13-3-4-18(23)21-15-7-5-14(6-8-15)19(20)24/h5-12H,3-4,13H2,1-2H3,(H2,20,24)(H,21,23). The Kier molecular flexibility index (Phi) is 7.00. The normalized spacial score (nSPS) is 10.9. The number of carbonyl (C=O) groups excluding carboxylic acids is 2. The third-order valence-corrected chi connectivity index (χ3v) is 5.17. The molecule has 28 heavy (non-hydrogen) atoms. The van der Waals surface area contributed by atoms with Gasteiger partial charge in [0.15, 0.2) is 0 Å². The Bertz CT molecular complexity index is 925. The van der Waals surface area contributed by atoms with Crippen LogP contribution in [0.5, 0.6) is 5.75 Å². The molecule has 3 N–H and O–H groups in total. The molecule has 0 unspecified atom stereocenters. The van der Waals surface area contributed by atoms with Crippen LogP contribution in [0, 0.1) is 0 Å². The molecule has 0 spiro atoms. The van der Waals surface area contributed by atoms with Crippen LogP contribution in [-0.4, -0.2) is 40.1 Å². The number of hydrogen-bond acceptors (Lipinski definition) is 5. The van der Waals surface area contributed by atoms with E-state index in [1.54, 1.807) is 36.4 Å². The molecule has 0 aliphatic heterocycles. The van der Waals surface area contributed by atoms with Crippen LogP contribution in [0.3, 0.4) is 0 Å². The van der Waals surface area contributed by atoms with Crippen molar-refractivity contribution in [2.24, 2.45) is 5.73 Å². The summed E-state index contributed by atoms with van der Waals surface area (Å²) in [4.78, 5) is 23.1. The van der Waals surface area contributed by atoms with Gasteiger partial charge >= 0.3 is 0 Å². The van der Waals surface area contributed by atoms with Crippen LogP contribution in [0.15, 0.2) is 48.5 Å². The molecule has 0 fully saturated rings. The van der Waals surface area contributed by atoms with Gasteiger partial charge in [-0.05, 0) is 55.0 Å². The first-order valence-corrected chi connectivity index (χ1v) is 10.4. The number of hydrogen-bond donors (Lipinski definition) is 2. The molecule has 0 heterocycles. The maximum Gasteiger partial charge on any atom is 0.248 e. The van der Waals surface area contributed by atoms with E-state index in [9.17, 15) is 18.0 Å². The summed E-state index contributed by atoms with van der Waals surface area (Å²) in [5.74, 6) is -0.175. The number of rotatable bonds is 9. The van der Waals surface area contributed by atoms with Gasteiger partial charge in [0.25, 0.3) is 0 Å². The average Bonchev–Trinajstić information content (AvgIpc) is 2.65. The summed E-state index contributed by atoms with van der Waals surface area (Å²) in [5, 5.41) is 2.70. The molecule has 0 bridgehead atoms. The third kappa shape index (κ3) is 5.98. The van der Waals surface area contributed by atoms with Crippen molar-refractivity contribution in [3.8, 4) is 5.75 Å². The largest absolute Gasteiger partial charge is 0.497 e. The number of nitrogens with zero attached hydrogens (tertiary/aromatic N) is 1. The highest BCUT2D eigenvalue weighted by molar-refractivity contribution is 7.92. The van der Waals surface area contributed by atoms with Crippen LogP contribution in [-0.2, 0) is 14.8 Å². The van der Waals surface area contributed by atoms with Crippen LogP contribution in [0.25, 0.3) is 0 Å². The summed E-state index contributed by atoms with van der Waals surface area (Å²) >= 11 is 0. The molecule has 2 amide bonds. The van der Waals surface area contributed by atoms with Gasteiger partial charge in [-0.25, -0.2) is 8.42 Å². The van der Waals surface area contributed by atoms with Gasteiger partial charge in [0.1, 0.15) is 5.75 Å². The predicted molar refractivity (Wildman–Crippen MR) is 108 cm³/mol. The van der Waals surface area contributed by atoms with Gasteiger partial charge in [0.05, 0.1) is 19.1 Å². The van der Waals surface area contributed by atoms with Gasteiger partial charge in [-0.2, -0.15) is 0 Å². The van der Waals surface area contributed by atoms with E-state index in [-0.39, 0.29) is 18.9 Å². The summed E-state index contributed by atoms with van der Waals surface area (Å²) in [6.45, 7) is 0.166. The number of benzene rings is 2. The quantitative estimate of drug-likeness (QED) is 0.661. The van der Waals surface area contributed by atoms with Crippen molar-refractivity contribution < 1.29 is 22.7 Å². The van der Waals surface area contributed by atoms with Crippen molar-refractivity contribution in [1.29, 1.82) is 0 Å². The first-order valence-electron chi connectivity index (χ1n) is 8.52. The molecule has 0 saturated heterocycles. The first kappa shape index (κ1) is 21.2. The third-order valence-electron chi connectivity index (χ3n) is 3.98. The molecule has 0 aliphatic rings. The van der Waals surface area contributed by atoms with Crippen LogP contribution in [0.2, 0.25) is 0 Å². The summed E-state index contributed by atoms with van der Waals surface area (Å²) < 4.78 is 30.5. The number of anilines is 2. The Hall–Kier alpha value is -3.07. The molecule has 0 atom stereocenters. The smallest absolute Gasteiger partial charge is 0.248 e. The summed E-state index contributed by atoms with van der Waals surface area (Å²) in [5.41, 5.74) is 6.56. The van der Waals surface area contributed by atoms with E-state index >= 15 is 0 Å². The van der Waals surface area contributed by atoms with Gasteiger partial charge in [-0.3, -0.25) is 13.9 Å². The molecule has 0 aliphatic carbocycles. The summed E-state index contributed by atoms with van der Waals surface area (Å²) in [7, 11) is -1.96. The Morgan fingerprint density at radius 1 is 1.07 bits per heavy atom. The molecule has 2 aromatic carbocycles. The van der Waals surface area contributed by atoms with E-state index < -0.39 is 15.9 Å². The fourth-order valence-electron chi connectivity index (χ4n) is 2.56. The average molecular weight is 405 g/mol. The lowest BCUT2D eigenvalue weighted by Crippen LogP contribution is -2.31. The highest BCUT2D eigenvalue weighted by Crippen LogP contribution is 2.22. The lowest BCUT2D eigenvalue weighted by atomic mass is 10.2. The molecule has 2 rings (SSSR count). The minimum Gasteiger partial charge on any atom is -0.497 e. The fraction of sp³-hybridized carbons (Fsp3) is 0.263. The number of sulfonamides is 1. The minimum absolute atomic E-state index is 0.139.